The quantitative estimate of drug-likeness (QED) is 0.627. The van der Waals surface area contributed by atoms with Crippen molar-refractivity contribution in [2.24, 2.45) is 0 Å². The molecule has 0 aliphatic carbocycles. The number of rotatable bonds is 5. The Morgan fingerprint density at radius 1 is 0.963 bits per heavy atom. The molecule has 1 unspecified atom stereocenters. The van der Waals surface area contributed by atoms with Gasteiger partial charge in [0.2, 0.25) is 0 Å². The van der Waals surface area contributed by atoms with Gasteiger partial charge in [-0.1, -0.05) is 60.1 Å². The summed E-state index contributed by atoms with van der Waals surface area (Å²) in [7, 11) is 0. The molecule has 27 heavy (non-hydrogen) atoms. The van der Waals surface area contributed by atoms with Crippen LogP contribution in [0.1, 0.15) is 21.5 Å². The summed E-state index contributed by atoms with van der Waals surface area (Å²) in [5.74, 6) is 0.899. The van der Waals surface area contributed by atoms with Crippen molar-refractivity contribution in [3.8, 4) is 5.75 Å². The maximum Gasteiger partial charge on any atom is 0.254 e. The van der Waals surface area contributed by atoms with Crippen molar-refractivity contribution in [1.82, 2.24) is 4.90 Å². The number of para-hydroxylation sites is 1. The SMILES string of the molecule is O=C(c1ccc(Cl)cc1)N(Cc1ccccc1)CC1Cc2ccccc2O1. The molecule has 0 aromatic heterocycles. The summed E-state index contributed by atoms with van der Waals surface area (Å²) in [6, 6.07) is 25.1. The number of carbonyl (C=O) groups is 1. The van der Waals surface area contributed by atoms with E-state index in [0.29, 0.717) is 23.7 Å². The summed E-state index contributed by atoms with van der Waals surface area (Å²) in [4.78, 5) is 15.0. The second kappa shape index (κ2) is 7.85. The molecule has 0 bridgehead atoms. The van der Waals surface area contributed by atoms with Crippen molar-refractivity contribution in [3.05, 3.63) is 101 Å². The van der Waals surface area contributed by atoms with Gasteiger partial charge in [0.05, 0.1) is 6.54 Å². The molecule has 4 rings (SSSR count). The third kappa shape index (κ3) is 4.15. The molecule has 3 aromatic rings. The van der Waals surface area contributed by atoms with Crippen LogP contribution in [-0.2, 0) is 13.0 Å². The van der Waals surface area contributed by atoms with Crippen molar-refractivity contribution in [2.75, 3.05) is 6.54 Å². The zero-order valence-electron chi connectivity index (χ0n) is 14.8. The molecule has 1 amide bonds. The molecule has 0 N–H and O–H groups in total. The van der Waals surface area contributed by atoms with E-state index in [-0.39, 0.29) is 12.0 Å². The van der Waals surface area contributed by atoms with E-state index in [9.17, 15) is 4.79 Å². The van der Waals surface area contributed by atoms with E-state index in [1.54, 1.807) is 24.3 Å². The van der Waals surface area contributed by atoms with E-state index in [2.05, 4.69) is 6.07 Å². The van der Waals surface area contributed by atoms with E-state index in [1.165, 1.54) is 5.56 Å². The van der Waals surface area contributed by atoms with Crippen molar-refractivity contribution in [3.63, 3.8) is 0 Å². The van der Waals surface area contributed by atoms with Crippen molar-refractivity contribution < 1.29 is 9.53 Å². The highest BCUT2D eigenvalue weighted by molar-refractivity contribution is 6.30. The normalized spacial score (nSPS) is 15.1. The number of amides is 1. The highest BCUT2D eigenvalue weighted by Crippen LogP contribution is 2.29. The second-order valence-electron chi connectivity index (χ2n) is 6.73. The smallest absolute Gasteiger partial charge is 0.254 e. The Hall–Kier alpha value is -2.78. The van der Waals surface area contributed by atoms with E-state index in [4.69, 9.17) is 16.3 Å². The average molecular weight is 378 g/mol. The monoisotopic (exact) mass is 377 g/mol. The molecule has 4 heteroatoms. The zero-order chi connectivity index (χ0) is 18.6. The Labute approximate surface area is 164 Å². The van der Waals surface area contributed by atoms with Crippen LogP contribution < -0.4 is 4.74 Å². The second-order valence-corrected chi connectivity index (χ2v) is 7.17. The number of carbonyl (C=O) groups excluding carboxylic acids is 1. The van der Waals surface area contributed by atoms with Gasteiger partial charge in [-0.3, -0.25) is 4.79 Å². The lowest BCUT2D eigenvalue weighted by Gasteiger charge is -2.26. The lowest BCUT2D eigenvalue weighted by Crippen LogP contribution is -2.38. The Morgan fingerprint density at radius 2 is 1.67 bits per heavy atom. The van der Waals surface area contributed by atoms with Crippen molar-refractivity contribution in [1.29, 1.82) is 0 Å². The molecule has 136 valence electrons. The molecule has 1 heterocycles. The Balaban J connectivity index is 1.54. The van der Waals surface area contributed by atoms with E-state index in [1.807, 2.05) is 53.4 Å². The van der Waals surface area contributed by atoms with Gasteiger partial charge in [0.1, 0.15) is 11.9 Å². The van der Waals surface area contributed by atoms with Gasteiger partial charge in [-0.25, -0.2) is 0 Å². The average Bonchev–Trinajstić information content (AvgIpc) is 3.11. The number of fused-ring (bicyclic) bond motifs is 1. The van der Waals surface area contributed by atoms with Crippen LogP contribution in [0.3, 0.4) is 0 Å². The molecule has 1 atom stereocenters. The van der Waals surface area contributed by atoms with Crippen LogP contribution in [0.15, 0.2) is 78.9 Å². The molecule has 0 radical (unpaired) electrons. The fourth-order valence-corrected chi connectivity index (χ4v) is 3.53. The van der Waals surface area contributed by atoms with E-state index < -0.39 is 0 Å². The largest absolute Gasteiger partial charge is 0.488 e. The first-order chi connectivity index (χ1) is 13.2. The topological polar surface area (TPSA) is 29.5 Å². The first-order valence-electron chi connectivity index (χ1n) is 9.02. The van der Waals surface area contributed by atoms with Gasteiger partial charge in [0.15, 0.2) is 0 Å². The lowest BCUT2D eigenvalue weighted by molar-refractivity contribution is 0.0662. The Morgan fingerprint density at radius 3 is 2.41 bits per heavy atom. The predicted octanol–water partition coefficient (Wildman–Crippen LogP) is 4.99. The van der Waals surface area contributed by atoms with Crippen molar-refractivity contribution >= 4 is 17.5 Å². The van der Waals surface area contributed by atoms with Gasteiger partial charge >= 0.3 is 0 Å². The van der Waals surface area contributed by atoms with Gasteiger partial charge in [0.25, 0.3) is 5.91 Å². The van der Waals surface area contributed by atoms with Crippen LogP contribution in [0.2, 0.25) is 5.02 Å². The number of ether oxygens (including phenoxy) is 1. The highest BCUT2D eigenvalue weighted by Gasteiger charge is 2.27. The van der Waals surface area contributed by atoms with Crippen LogP contribution in [0.4, 0.5) is 0 Å². The van der Waals surface area contributed by atoms with Crippen LogP contribution in [0.25, 0.3) is 0 Å². The molecule has 0 spiro atoms. The van der Waals surface area contributed by atoms with E-state index in [0.717, 1.165) is 17.7 Å². The zero-order valence-corrected chi connectivity index (χ0v) is 15.6. The number of hydrogen-bond donors (Lipinski definition) is 0. The first kappa shape index (κ1) is 17.6. The fourth-order valence-electron chi connectivity index (χ4n) is 3.40. The Bertz CT molecular complexity index is 900. The number of benzene rings is 3. The Kier molecular flexibility index (Phi) is 5.12. The van der Waals surface area contributed by atoms with Crippen LogP contribution >= 0.6 is 11.6 Å². The third-order valence-electron chi connectivity index (χ3n) is 4.73. The number of nitrogens with zero attached hydrogens (tertiary/aromatic N) is 1. The minimum absolute atomic E-state index is 0.0184. The summed E-state index contributed by atoms with van der Waals surface area (Å²) < 4.78 is 6.07. The maximum atomic E-state index is 13.1. The van der Waals surface area contributed by atoms with Gasteiger partial charge in [-0.15, -0.1) is 0 Å². The van der Waals surface area contributed by atoms with Gasteiger partial charge < -0.3 is 9.64 Å². The highest BCUT2D eigenvalue weighted by atomic mass is 35.5. The van der Waals surface area contributed by atoms with E-state index >= 15 is 0 Å². The van der Waals surface area contributed by atoms with Gasteiger partial charge in [-0.05, 0) is 41.5 Å². The fraction of sp³-hybridized carbons (Fsp3) is 0.174. The van der Waals surface area contributed by atoms with Crippen LogP contribution in [0, 0.1) is 0 Å². The molecule has 0 saturated heterocycles. The molecule has 0 saturated carbocycles. The lowest BCUT2D eigenvalue weighted by atomic mass is 10.1. The summed E-state index contributed by atoms with van der Waals surface area (Å²) in [5.41, 5.74) is 2.92. The summed E-state index contributed by atoms with van der Waals surface area (Å²) in [6.07, 6.45) is 0.775. The van der Waals surface area contributed by atoms with Gasteiger partial charge in [0, 0.05) is 23.6 Å². The first-order valence-corrected chi connectivity index (χ1v) is 9.40. The molecule has 0 fully saturated rings. The molecule has 1 aliphatic heterocycles. The number of hydrogen-bond acceptors (Lipinski definition) is 2. The molecular formula is C23H20ClNO2. The van der Waals surface area contributed by atoms with Crippen molar-refractivity contribution in [2.45, 2.75) is 19.1 Å². The third-order valence-corrected chi connectivity index (χ3v) is 4.98. The summed E-state index contributed by atoms with van der Waals surface area (Å²) in [6.45, 7) is 1.07. The number of halogens is 1. The standard InChI is InChI=1S/C23H20ClNO2/c24-20-12-10-18(11-13-20)23(26)25(15-17-6-2-1-3-7-17)16-21-14-19-8-4-5-9-22(19)27-21/h1-13,21H,14-16H2. The van der Waals surface area contributed by atoms with Gasteiger partial charge in [-0.2, -0.15) is 0 Å². The summed E-state index contributed by atoms with van der Waals surface area (Å²) in [5, 5.41) is 0.621. The molecule has 1 aliphatic rings. The van der Waals surface area contributed by atoms with Crippen LogP contribution in [-0.4, -0.2) is 23.5 Å². The molecule has 3 nitrogen and oxygen atoms in total. The predicted molar refractivity (Wildman–Crippen MR) is 107 cm³/mol. The molecule has 3 aromatic carbocycles. The molecular weight excluding hydrogens is 358 g/mol. The summed E-state index contributed by atoms with van der Waals surface area (Å²) >= 11 is 5.97. The van der Waals surface area contributed by atoms with Crippen LogP contribution in [0.5, 0.6) is 5.75 Å². The maximum absolute atomic E-state index is 13.1. The minimum atomic E-state index is -0.0395. The minimum Gasteiger partial charge on any atom is -0.488 e.